The van der Waals surface area contributed by atoms with Crippen molar-refractivity contribution in [2.45, 2.75) is 11.4 Å². The molecule has 0 unspecified atom stereocenters. The summed E-state index contributed by atoms with van der Waals surface area (Å²) < 4.78 is 33.3. The Morgan fingerprint density at radius 3 is 2.85 bits per heavy atom. The molecule has 0 saturated heterocycles. The van der Waals surface area contributed by atoms with E-state index in [2.05, 4.69) is 9.82 Å². The van der Waals surface area contributed by atoms with Crippen molar-refractivity contribution in [3.05, 3.63) is 36.7 Å². The molecule has 108 valence electrons. The number of benzene rings is 1. The lowest BCUT2D eigenvalue weighted by atomic mass is 10.3. The molecule has 0 fully saturated rings. The van der Waals surface area contributed by atoms with Crippen LogP contribution in [0.25, 0.3) is 0 Å². The van der Waals surface area contributed by atoms with Crippen molar-refractivity contribution in [1.29, 1.82) is 0 Å². The predicted molar refractivity (Wildman–Crippen MR) is 74.8 cm³/mol. The molecule has 20 heavy (non-hydrogen) atoms. The molecule has 1 aromatic heterocycles. The highest BCUT2D eigenvalue weighted by molar-refractivity contribution is 7.89. The summed E-state index contributed by atoms with van der Waals surface area (Å²) >= 11 is 0. The number of nitrogens with zero attached hydrogens (tertiary/aromatic N) is 2. The first kappa shape index (κ1) is 14.4. The highest BCUT2D eigenvalue weighted by Crippen LogP contribution is 2.24. The van der Waals surface area contributed by atoms with Crippen LogP contribution in [0.4, 0.5) is 5.69 Å². The van der Waals surface area contributed by atoms with Crippen LogP contribution in [0.3, 0.4) is 0 Å². The minimum Gasteiger partial charge on any atom is -0.495 e. The molecule has 2 aromatic rings. The van der Waals surface area contributed by atoms with Crippen LogP contribution < -0.4 is 15.2 Å². The lowest BCUT2D eigenvalue weighted by molar-refractivity contribution is 0.416. The largest absolute Gasteiger partial charge is 0.495 e. The summed E-state index contributed by atoms with van der Waals surface area (Å²) in [5.74, 6) is 0.445. The zero-order chi connectivity index (χ0) is 14.6. The van der Waals surface area contributed by atoms with Crippen molar-refractivity contribution in [1.82, 2.24) is 14.5 Å². The van der Waals surface area contributed by atoms with Gasteiger partial charge in [-0.25, -0.2) is 13.1 Å². The van der Waals surface area contributed by atoms with Crippen molar-refractivity contribution in [3.8, 4) is 5.75 Å². The average Bonchev–Trinajstić information content (AvgIpc) is 2.91. The quantitative estimate of drug-likeness (QED) is 0.754. The summed E-state index contributed by atoms with van der Waals surface area (Å²) in [6.45, 7) is 0.702. The van der Waals surface area contributed by atoms with Crippen molar-refractivity contribution in [3.63, 3.8) is 0 Å². The standard InChI is InChI=1S/C12H16N4O3S/c1-19-12-4-3-10(9-11(12)13)20(17,18)15-6-8-16-7-2-5-14-16/h2-5,7,9,15H,6,8,13H2,1H3. The first-order valence-electron chi connectivity index (χ1n) is 5.93. The molecule has 0 saturated carbocycles. The smallest absolute Gasteiger partial charge is 0.240 e. The van der Waals surface area contributed by atoms with Crippen LogP contribution in [0.15, 0.2) is 41.6 Å². The molecule has 0 radical (unpaired) electrons. The molecule has 3 N–H and O–H groups in total. The fourth-order valence-corrected chi connectivity index (χ4v) is 2.75. The van der Waals surface area contributed by atoms with Crippen LogP contribution in [0.5, 0.6) is 5.75 Å². The molecular formula is C12H16N4O3S. The third-order valence-corrected chi connectivity index (χ3v) is 4.16. The number of ether oxygens (including phenoxy) is 1. The topological polar surface area (TPSA) is 99.2 Å². The zero-order valence-corrected chi connectivity index (χ0v) is 11.8. The summed E-state index contributed by atoms with van der Waals surface area (Å²) in [7, 11) is -2.11. The molecule has 1 aromatic carbocycles. The fraction of sp³-hybridized carbons (Fsp3) is 0.250. The normalized spacial score (nSPS) is 11.4. The maximum Gasteiger partial charge on any atom is 0.240 e. The average molecular weight is 296 g/mol. The van der Waals surface area contributed by atoms with E-state index in [0.29, 0.717) is 12.3 Å². The van der Waals surface area contributed by atoms with E-state index in [-0.39, 0.29) is 17.1 Å². The van der Waals surface area contributed by atoms with Crippen LogP contribution in [0.2, 0.25) is 0 Å². The zero-order valence-electron chi connectivity index (χ0n) is 11.0. The van der Waals surface area contributed by atoms with Gasteiger partial charge in [0.15, 0.2) is 0 Å². The highest BCUT2D eigenvalue weighted by atomic mass is 32.2. The number of hydrogen-bond acceptors (Lipinski definition) is 5. The molecule has 0 aliphatic rings. The van der Waals surface area contributed by atoms with Gasteiger partial charge in [0.1, 0.15) is 5.75 Å². The number of nitrogens with one attached hydrogen (secondary N) is 1. The summed E-state index contributed by atoms with van der Waals surface area (Å²) in [4.78, 5) is 0.108. The lowest BCUT2D eigenvalue weighted by Gasteiger charge is -2.09. The first-order valence-corrected chi connectivity index (χ1v) is 7.42. The number of hydrogen-bond donors (Lipinski definition) is 2. The maximum absolute atomic E-state index is 12.1. The second-order valence-corrected chi connectivity index (χ2v) is 5.84. The number of sulfonamides is 1. The number of rotatable bonds is 6. The molecule has 1 heterocycles. The van der Waals surface area contributed by atoms with Gasteiger partial charge in [-0.2, -0.15) is 5.10 Å². The first-order chi connectivity index (χ1) is 9.53. The van der Waals surface area contributed by atoms with Crippen molar-refractivity contribution in [2.75, 3.05) is 19.4 Å². The SMILES string of the molecule is COc1ccc(S(=O)(=O)NCCn2cccn2)cc1N. The van der Waals surface area contributed by atoms with Gasteiger partial charge in [-0.15, -0.1) is 0 Å². The predicted octanol–water partition coefficient (Wildman–Crippen LogP) is 0.452. The summed E-state index contributed by atoms with van der Waals surface area (Å²) in [6, 6.07) is 6.12. The summed E-state index contributed by atoms with van der Waals surface area (Å²) in [5.41, 5.74) is 5.98. The molecular weight excluding hydrogens is 280 g/mol. The Bertz CT molecular complexity index is 668. The van der Waals surface area contributed by atoms with Crippen molar-refractivity contribution < 1.29 is 13.2 Å². The summed E-state index contributed by atoms with van der Waals surface area (Å²) in [5, 5.41) is 3.99. The number of nitrogen functional groups attached to an aromatic ring is 1. The number of nitrogens with two attached hydrogens (primary N) is 1. The maximum atomic E-state index is 12.1. The van der Waals surface area contributed by atoms with E-state index in [4.69, 9.17) is 10.5 Å². The van der Waals surface area contributed by atoms with Gasteiger partial charge < -0.3 is 10.5 Å². The third-order valence-electron chi connectivity index (χ3n) is 2.70. The van der Waals surface area contributed by atoms with Crippen LogP contribution in [-0.2, 0) is 16.6 Å². The number of aromatic nitrogens is 2. The Hall–Kier alpha value is -2.06. The van der Waals surface area contributed by atoms with Crippen LogP contribution in [-0.4, -0.2) is 31.9 Å². The molecule has 7 nitrogen and oxygen atoms in total. The Morgan fingerprint density at radius 2 is 2.25 bits per heavy atom. The van der Waals surface area contributed by atoms with Crippen LogP contribution in [0, 0.1) is 0 Å². The van der Waals surface area contributed by atoms with Gasteiger partial charge in [-0.3, -0.25) is 4.68 Å². The minimum atomic E-state index is -3.59. The molecule has 0 amide bonds. The second kappa shape index (κ2) is 5.93. The minimum absolute atomic E-state index is 0.108. The Balaban J connectivity index is 2.04. The van der Waals surface area contributed by atoms with Crippen LogP contribution >= 0.6 is 0 Å². The van der Waals surface area contributed by atoms with Gasteiger partial charge in [0, 0.05) is 18.9 Å². The highest BCUT2D eigenvalue weighted by Gasteiger charge is 2.15. The molecule has 2 rings (SSSR count). The molecule has 0 aliphatic carbocycles. The monoisotopic (exact) mass is 296 g/mol. The van der Waals surface area contributed by atoms with Gasteiger partial charge in [0.25, 0.3) is 0 Å². The molecule has 8 heteroatoms. The van der Waals surface area contributed by atoms with Gasteiger partial charge in [0.05, 0.1) is 24.2 Å². The summed E-state index contributed by atoms with van der Waals surface area (Å²) in [6.07, 6.45) is 3.40. The second-order valence-electron chi connectivity index (χ2n) is 4.07. The number of methoxy groups -OCH3 is 1. The van der Waals surface area contributed by atoms with Crippen molar-refractivity contribution in [2.24, 2.45) is 0 Å². The lowest BCUT2D eigenvalue weighted by Crippen LogP contribution is -2.27. The Kier molecular flexibility index (Phi) is 4.26. The van der Waals surface area contributed by atoms with Gasteiger partial charge >= 0.3 is 0 Å². The Morgan fingerprint density at radius 1 is 1.45 bits per heavy atom. The van der Waals surface area contributed by atoms with Gasteiger partial charge in [-0.05, 0) is 24.3 Å². The van der Waals surface area contributed by atoms with Crippen molar-refractivity contribution >= 4 is 15.7 Å². The van der Waals surface area contributed by atoms with E-state index in [1.165, 1.54) is 25.3 Å². The molecule has 0 bridgehead atoms. The molecule has 0 spiro atoms. The third kappa shape index (κ3) is 3.28. The van der Waals surface area contributed by atoms with E-state index >= 15 is 0 Å². The Labute approximate surface area is 117 Å². The molecule has 0 aliphatic heterocycles. The van der Waals surface area contributed by atoms with E-state index in [1.807, 2.05) is 0 Å². The van der Waals surface area contributed by atoms with E-state index in [0.717, 1.165) is 0 Å². The van der Waals surface area contributed by atoms with Crippen LogP contribution in [0.1, 0.15) is 0 Å². The van der Waals surface area contributed by atoms with E-state index in [9.17, 15) is 8.42 Å². The van der Waals surface area contributed by atoms with Gasteiger partial charge in [0.2, 0.25) is 10.0 Å². The fourth-order valence-electron chi connectivity index (χ4n) is 1.69. The molecule has 0 atom stereocenters. The number of anilines is 1. The van der Waals surface area contributed by atoms with Gasteiger partial charge in [-0.1, -0.05) is 0 Å². The van der Waals surface area contributed by atoms with E-state index < -0.39 is 10.0 Å². The van der Waals surface area contributed by atoms with E-state index in [1.54, 1.807) is 23.1 Å².